The average Bonchev–Trinajstić information content (AvgIpc) is 3.22. The number of morpholine rings is 1. The number of hydrogen-bond donors (Lipinski definition) is 1. The molecule has 2 fully saturated rings. The molecule has 0 unspecified atom stereocenters. The van der Waals surface area contributed by atoms with Crippen LogP contribution in [0.2, 0.25) is 5.02 Å². The van der Waals surface area contributed by atoms with Crippen molar-refractivity contribution in [2.45, 2.75) is 50.0 Å². The van der Waals surface area contributed by atoms with Crippen LogP contribution in [0.5, 0.6) is 0 Å². The van der Waals surface area contributed by atoms with Gasteiger partial charge in [-0.15, -0.1) is 10.2 Å². The zero-order chi connectivity index (χ0) is 23.4. The minimum Gasteiger partial charge on any atom is -0.385 e. The maximum absolute atomic E-state index is 12.5. The molecule has 2 atom stereocenters. The van der Waals surface area contributed by atoms with Crippen LogP contribution in [-0.2, 0) is 15.9 Å². The summed E-state index contributed by atoms with van der Waals surface area (Å²) in [6.45, 7) is 1.33. The first-order valence-electron chi connectivity index (χ1n) is 11.2. The van der Waals surface area contributed by atoms with Crippen LogP contribution >= 0.6 is 11.6 Å². The third-order valence-electron chi connectivity index (χ3n) is 6.29. The van der Waals surface area contributed by atoms with E-state index in [0.717, 1.165) is 43.8 Å². The Morgan fingerprint density at radius 1 is 1.15 bits per heavy atom. The van der Waals surface area contributed by atoms with Gasteiger partial charge in [0, 0.05) is 36.7 Å². The summed E-state index contributed by atoms with van der Waals surface area (Å²) >= 11 is 6.02. The molecule has 2 N–H and O–H groups in total. The fourth-order valence-electron chi connectivity index (χ4n) is 4.69. The zero-order valence-electron chi connectivity index (χ0n) is 18.3. The molecule has 182 valence electrons. The molecular formula is C22H29ClF3N5O2. The second-order valence-corrected chi connectivity index (χ2v) is 9.21. The van der Waals surface area contributed by atoms with E-state index < -0.39 is 12.8 Å². The van der Waals surface area contributed by atoms with E-state index >= 15 is 0 Å². The van der Waals surface area contributed by atoms with Crippen LogP contribution in [0.15, 0.2) is 34.5 Å². The van der Waals surface area contributed by atoms with Gasteiger partial charge in [0.05, 0.1) is 25.7 Å². The average molecular weight is 488 g/mol. The normalized spacial score (nSPS) is 25.3. The van der Waals surface area contributed by atoms with Crippen molar-refractivity contribution in [2.24, 2.45) is 15.9 Å². The molecule has 3 aliphatic heterocycles. The SMILES string of the molecule is NC1=NN=C(N2CCC(N3C[C@H](COCC(F)(F)F)OC[C@@H]3Cc3ccc(Cl)cc3)CC2)C1. The quantitative estimate of drug-likeness (QED) is 0.667. The summed E-state index contributed by atoms with van der Waals surface area (Å²) in [4.78, 5) is 4.62. The smallest absolute Gasteiger partial charge is 0.385 e. The molecule has 2 saturated heterocycles. The molecule has 4 rings (SSSR count). The van der Waals surface area contributed by atoms with Crippen molar-refractivity contribution >= 4 is 23.3 Å². The Balaban J connectivity index is 1.38. The lowest BCUT2D eigenvalue weighted by Crippen LogP contribution is -2.58. The van der Waals surface area contributed by atoms with Crippen LogP contribution in [0, 0.1) is 0 Å². The van der Waals surface area contributed by atoms with Crippen molar-refractivity contribution in [1.29, 1.82) is 0 Å². The Hall–Kier alpha value is -1.88. The van der Waals surface area contributed by atoms with E-state index in [4.69, 9.17) is 26.8 Å². The standard InChI is InChI=1S/C22H29ClF3N5O2/c23-16-3-1-15(2-4-16)9-18-12-33-19(13-32-14-22(24,25)26)11-31(18)17-5-7-30(8-6-17)21-10-20(27)28-29-21/h1-4,17-19H,5-14H2,(H2,27,28)/t18-,19+/m0/s1. The van der Waals surface area contributed by atoms with E-state index in [-0.39, 0.29) is 18.8 Å². The highest BCUT2D eigenvalue weighted by molar-refractivity contribution is 6.30. The number of halogens is 4. The molecule has 1 aromatic rings. The summed E-state index contributed by atoms with van der Waals surface area (Å²) in [5, 5.41) is 8.79. The maximum atomic E-state index is 12.5. The summed E-state index contributed by atoms with van der Waals surface area (Å²) in [5.41, 5.74) is 6.90. The van der Waals surface area contributed by atoms with E-state index in [0.29, 0.717) is 36.5 Å². The monoisotopic (exact) mass is 487 g/mol. The fourth-order valence-corrected chi connectivity index (χ4v) is 4.81. The van der Waals surface area contributed by atoms with Crippen molar-refractivity contribution in [1.82, 2.24) is 9.80 Å². The summed E-state index contributed by atoms with van der Waals surface area (Å²) in [6, 6.07) is 8.17. The van der Waals surface area contributed by atoms with Crippen LogP contribution in [0.25, 0.3) is 0 Å². The van der Waals surface area contributed by atoms with E-state index in [1.807, 2.05) is 24.3 Å². The number of hydrogen-bond acceptors (Lipinski definition) is 7. The number of alkyl halides is 3. The predicted octanol–water partition coefficient (Wildman–Crippen LogP) is 3.07. The van der Waals surface area contributed by atoms with E-state index in [1.165, 1.54) is 0 Å². The number of amidine groups is 2. The molecule has 33 heavy (non-hydrogen) atoms. The summed E-state index contributed by atoms with van der Waals surface area (Å²) in [6.07, 6.45) is -1.52. The van der Waals surface area contributed by atoms with E-state index in [9.17, 15) is 13.2 Å². The van der Waals surface area contributed by atoms with Crippen molar-refractivity contribution in [2.75, 3.05) is 39.5 Å². The second kappa shape index (κ2) is 10.6. The number of rotatable bonds is 6. The van der Waals surface area contributed by atoms with Crippen LogP contribution in [0.4, 0.5) is 13.2 Å². The topological polar surface area (TPSA) is 75.7 Å². The maximum Gasteiger partial charge on any atom is 0.411 e. The lowest BCUT2D eigenvalue weighted by Gasteiger charge is -2.47. The summed E-state index contributed by atoms with van der Waals surface area (Å²) in [5.74, 6) is 1.44. The molecule has 0 bridgehead atoms. The first-order chi connectivity index (χ1) is 15.8. The van der Waals surface area contributed by atoms with Gasteiger partial charge in [-0.05, 0) is 37.0 Å². The first kappa shape index (κ1) is 24.3. The van der Waals surface area contributed by atoms with Gasteiger partial charge < -0.3 is 20.1 Å². The molecular weight excluding hydrogens is 459 g/mol. The van der Waals surface area contributed by atoms with Crippen molar-refractivity contribution < 1.29 is 22.6 Å². The molecule has 0 spiro atoms. The van der Waals surface area contributed by atoms with E-state index in [2.05, 4.69) is 20.0 Å². The van der Waals surface area contributed by atoms with Crippen LogP contribution in [0.1, 0.15) is 24.8 Å². The number of piperidine rings is 1. The summed E-state index contributed by atoms with van der Waals surface area (Å²) < 4.78 is 48.3. The highest BCUT2D eigenvalue weighted by Crippen LogP contribution is 2.27. The lowest BCUT2D eigenvalue weighted by molar-refractivity contribution is -0.187. The Kier molecular flexibility index (Phi) is 7.78. The lowest BCUT2D eigenvalue weighted by atomic mass is 9.96. The van der Waals surface area contributed by atoms with Crippen molar-refractivity contribution in [3.8, 4) is 0 Å². The third-order valence-corrected chi connectivity index (χ3v) is 6.55. The molecule has 0 radical (unpaired) electrons. The molecule has 7 nitrogen and oxygen atoms in total. The van der Waals surface area contributed by atoms with Gasteiger partial charge in [0.15, 0.2) is 0 Å². The second-order valence-electron chi connectivity index (χ2n) is 8.77. The Labute approximate surface area is 196 Å². The third kappa shape index (κ3) is 6.81. The number of nitrogens with zero attached hydrogens (tertiary/aromatic N) is 4. The molecule has 0 saturated carbocycles. The fraction of sp³-hybridized carbons (Fsp3) is 0.636. The minimum absolute atomic E-state index is 0.0735. The van der Waals surface area contributed by atoms with Gasteiger partial charge in [0.1, 0.15) is 18.3 Å². The Morgan fingerprint density at radius 3 is 2.52 bits per heavy atom. The van der Waals surface area contributed by atoms with Gasteiger partial charge >= 0.3 is 6.18 Å². The Bertz CT molecular complexity index is 857. The number of likely N-dealkylation sites (tertiary alicyclic amines) is 1. The van der Waals surface area contributed by atoms with Gasteiger partial charge in [-0.3, -0.25) is 4.90 Å². The zero-order valence-corrected chi connectivity index (χ0v) is 19.1. The van der Waals surface area contributed by atoms with E-state index in [1.54, 1.807) is 0 Å². The van der Waals surface area contributed by atoms with Crippen molar-refractivity contribution in [3.05, 3.63) is 34.9 Å². The minimum atomic E-state index is -4.34. The number of nitrogens with two attached hydrogens (primary N) is 1. The van der Waals surface area contributed by atoms with Gasteiger partial charge in [0.25, 0.3) is 0 Å². The predicted molar refractivity (Wildman–Crippen MR) is 121 cm³/mol. The van der Waals surface area contributed by atoms with Gasteiger partial charge in [-0.2, -0.15) is 13.2 Å². The van der Waals surface area contributed by atoms with Gasteiger partial charge in [0.2, 0.25) is 0 Å². The molecule has 3 aliphatic rings. The first-order valence-corrected chi connectivity index (χ1v) is 11.5. The molecule has 0 aromatic heterocycles. The molecule has 3 heterocycles. The largest absolute Gasteiger partial charge is 0.411 e. The molecule has 1 aromatic carbocycles. The Morgan fingerprint density at radius 2 is 1.88 bits per heavy atom. The van der Waals surface area contributed by atoms with Crippen LogP contribution in [-0.4, -0.2) is 85.3 Å². The molecule has 0 aliphatic carbocycles. The summed E-state index contributed by atoms with van der Waals surface area (Å²) in [7, 11) is 0. The molecule has 0 amide bonds. The van der Waals surface area contributed by atoms with Crippen molar-refractivity contribution in [3.63, 3.8) is 0 Å². The van der Waals surface area contributed by atoms with Gasteiger partial charge in [-0.1, -0.05) is 23.7 Å². The number of ether oxygens (including phenoxy) is 2. The van der Waals surface area contributed by atoms with Gasteiger partial charge in [-0.25, -0.2) is 0 Å². The van der Waals surface area contributed by atoms with Crippen LogP contribution in [0.3, 0.4) is 0 Å². The highest BCUT2D eigenvalue weighted by Gasteiger charge is 2.37. The molecule has 11 heteroatoms. The van der Waals surface area contributed by atoms with Crippen LogP contribution < -0.4 is 5.73 Å². The number of benzene rings is 1. The highest BCUT2D eigenvalue weighted by atomic mass is 35.5.